The molecule has 1 N–H and O–H groups in total. The van der Waals surface area contributed by atoms with Gasteiger partial charge >= 0.3 is 0 Å². The van der Waals surface area contributed by atoms with E-state index in [0.717, 1.165) is 44.2 Å². The van der Waals surface area contributed by atoms with Crippen LogP contribution in [0.25, 0.3) is 11.1 Å². The predicted octanol–water partition coefficient (Wildman–Crippen LogP) is 4.53. The number of carbonyl (C=O) groups is 1. The number of aryl methyl sites for hydroxylation is 2. The van der Waals surface area contributed by atoms with Crippen LogP contribution in [0.2, 0.25) is 0 Å². The number of nitrogens with one attached hydrogen (secondary N) is 1. The van der Waals surface area contributed by atoms with Crippen molar-refractivity contribution in [2.75, 3.05) is 18.4 Å². The summed E-state index contributed by atoms with van der Waals surface area (Å²) in [6.45, 7) is 4.62. The van der Waals surface area contributed by atoms with Crippen LogP contribution in [-0.2, 0) is 10.0 Å². The number of nitrogens with zero attached hydrogens (tertiary/aromatic N) is 3. The van der Waals surface area contributed by atoms with Crippen LogP contribution in [0.5, 0.6) is 0 Å². The molecule has 8 nitrogen and oxygen atoms in total. The average molecular weight is 469 g/mol. The highest BCUT2D eigenvalue weighted by Gasteiger charge is 2.30. The number of fused-ring (bicyclic) bond motifs is 1. The standard InChI is InChI=1S/C24H28N4O4S/c1-15-7-10-18(13-21(15)33(30,31)28-11-5-3-4-6-12-28)25-23(29)19-14-20(17-8-9-17)26-24-22(19)16(2)27-32-24/h7,10,13-14,17H,3-6,8-9,11-12H2,1-2H3,(H,25,29). The van der Waals surface area contributed by atoms with Crippen LogP contribution in [0.15, 0.2) is 33.7 Å². The van der Waals surface area contributed by atoms with Crippen molar-refractivity contribution in [3.63, 3.8) is 0 Å². The Labute approximate surface area is 193 Å². The van der Waals surface area contributed by atoms with Gasteiger partial charge in [-0.3, -0.25) is 4.79 Å². The minimum absolute atomic E-state index is 0.238. The summed E-state index contributed by atoms with van der Waals surface area (Å²) in [5.74, 6) is 0.00803. The molecule has 1 aromatic carbocycles. The Morgan fingerprint density at radius 3 is 2.52 bits per heavy atom. The maximum absolute atomic E-state index is 13.4. The van der Waals surface area contributed by atoms with Gasteiger partial charge in [-0.15, -0.1) is 0 Å². The molecule has 1 saturated heterocycles. The number of aromatic nitrogens is 2. The van der Waals surface area contributed by atoms with Gasteiger partial charge < -0.3 is 9.84 Å². The quantitative estimate of drug-likeness (QED) is 0.590. The molecule has 3 heterocycles. The average Bonchev–Trinajstić information content (AvgIpc) is 3.61. The van der Waals surface area contributed by atoms with Crippen molar-refractivity contribution in [2.45, 2.75) is 63.2 Å². The Morgan fingerprint density at radius 1 is 1.09 bits per heavy atom. The van der Waals surface area contributed by atoms with Crippen molar-refractivity contribution in [2.24, 2.45) is 0 Å². The Balaban J connectivity index is 1.47. The number of amides is 1. The summed E-state index contributed by atoms with van der Waals surface area (Å²) in [7, 11) is -3.63. The number of carbonyl (C=O) groups excluding carboxylic acids is 1. The van der Waals surface area contributed by atoms with Crippen molar-refractivity contribution in [3.8, 4) is 0 Å². The fourth-order valence-corrected chi connectivity index (χ4v) is 6.22. The van der Waals surface area contributed by atoms with E-state index in [0.29, 0.717) is 52.6 Å². The first-order valence-corrected chi connectivity index (χ1v) is 13.0. The summed E-state index contributed by atoms with van der Waals surface area (Å²) in [5.41, 5.74) is 3.32. The van der Waals surface area contributed by atoms with E-state index in [-0.39, 0.29) is 10.8 Å². The van der Waals surface area contributed by atoms with Crippen molar-refractivity contribution in [1.82, 2.24) is 14.4 Å². The van der Waals surface area contributed by atoms with Crippen LogP contribution in [-0.4, -0.2) is 41.9 Å². The van der Waals surface area contributed by atoms with Crippen molar-refractivity contribution >= 4 is 32.7 Å². The van der Waals surface area contributed by atoms with E-state index in [1.54, 1.807) is 36.4 Å². The van der Waals surface area contributed by atoms with Gasteiger partial charge in [-0.2, -0.15) is 4.31 Å². The monoisotopic (exact) mass is 468 g/mol. The van der Waals surface area contributed by atoms with E-state index in [9.17, 15) is 13.2 Å². The molecule has 1 aliphatic carbocycles. The number of sulfonamides is 1. The molecule has 3 aromatic rings. The highest BCUT2D eigenvalue weighted by molar-refractivity contribution is 7.89. The molecular formula is C24H28N4O4S. The molecule has 1 aliphatic heterocycles. The summed E-state index contributed by atoms with van der Waals surface area (Å²) in [5, 5.41) is 7.46. The molecule has 0 atom stereocenters. The van der Waals surface area contributed by atoms with Crippen LogP contribution in [0.4, 0.5) is 5.69 Å². The Morgan fingerprint density at radius 2 is 1.82 bits per heavy atom. The third kappa shape index (κ3) is 4.27. The normalized spacial score (nSPS) is 17.8. The second-order valence-electron chi connectivity index (χ2n) is 9.07. The summed E-state index contributed by atoms with van der Waals surface area (Å²) in [6, 6.07) is 6.84. The number of pyridine rings is 1. The fourth-order valence-electron chi connectivity index (χ4n) is 4.46. The second-order valence-corrected chi connectivity index (χ2v) is 11.0. The van der Waals surface area contributed by atoms with Gasteiger partial charge in [0.05, 0.1) is 21.5 Å². The predicted molar refractivity (Wildman–Crippen MR) is 125 cm³/mol. The second kappa shape index (κ2) is 8.53. The molecule has 2 fully saturated rings. The Kier molecular flexibility index (Phi) is 5.70. The molecule has 9 heteroatoms. The Hall–Kier alpha value is -2.78. The zero-order chi connectivity index (χ0) is 23.2. The van der Waals surface area contributed by atoms with Crippen LogP contribution < -0.4 is 5.32 Å². The fraction of sp³-hybridized carbons (Fsp3) is 0.458. The van der Waals surface area contributed by atoms with Gasteiger partial charge in [0.2, 0.25) is 10.0 Å². The van der Waals surface area contributed by atoms with Gasteiger partial charge in [-0.05, 0) is 63.3 Å². The molecule has 1 saturated carbocycles. The maximum Gasteiger partial charge on any atom is 0.259 e. The number of rotatable bonds is 5. The zero-order valence-electron chi connectivity index (χ0n) is 18.9. The number of hydrogen-bond donors (Lipinski definition) is 1. The summed E-state index contributed by atoms with van der Waals surface area (Å²) in [6.07, 6.45) is 5.92. The van der Waals surface area contributed by atoms with Crippen molar-refractivity contribution < 1.29 is 17.7 Å². The third-order valence-corrected chi connectivity index (χ3v) is 8.55. The lowest BCUT2D eigenvalue weighted by atomic mass is 10.1. The minimum atomic E-state index is -3.63. The highest BCUT2D eigenvalue weighted by atomic mass is 32.2. The zero-order valence-corrected chi connectivity index (χ0v) is 19.7. The molecule has 0 spiro atoms. The molecule has 0 unspecified atom stereocenters. The lowest BCUT2D eigenvalue weighted by Crippen LogP contribution is -2.32. The first kappa shape index (κ1) is 22.0. The van der Waals surface area contributed by atoms with Gasteiger partial charge in [0.1, 0.15) is 0 Å². The first-order chi connectivity index (χ1) is 15.8. The third-order valence-electron chi connectivity index (χ3n) is 6.51. The van der Waals surface area contributed by atoms with E-state index in [1.807, 2.05) is 6.07 Å². The van der Waals surface area contributed by atoms with Crippen LogP contribution in [0, 0.1) is 13.8 Å². The SMILES string of the molecule is Cc1ccc(NC(=O)c2cc(C3CC3)nc3onc(C)c23)cc1S(=O)(=O)N1CCCCCC1. The highest BCUT2D eigenvalue weighted by Crippen LogP contribution is 2.40. The molecule has 33 heavy (non-hydrogen) atoms. The Bertz CT molecular complexity index is 1320. The molecule has 2 aliphatic rings. The minimum Gasteiger partial charge on any atom is -0.336 e. The molecule has 1 amide bonds. The summed E-state index contributed by atoms with van der Waals surface area (Å²) >= 11 is 0. The van der Waals surface area contributed by atoms with Crippen molar-refractivity contribution in [1.29, 1.82) is 0 Å². The van der Waals surface area contributed by atoms with Crippen LogP contribution in [0.1, 0.15) is 71.8 Å². The van der Waals surface area contributed by atoms with E-state index in [2.05, 4.69) is 15.5 Å². The molecule has 5 rings (SSSR count). The number of hydrogen-bond acceptors (Lipinski definition) is 6. The molecule has 174 valence electrons. The van der Waals surface area contributed by atoms with E-state index < -0.39 is 10.0 Å². The molecule has 2 aromatic heterocycles. The first-order valence-electron chi connectivity index (χ1n) is 11.5. The van der Waals surface area contributed by atoms with Gasteiger partial charge in [0, 0.05) is 30.4 Å². The van der Waals surface area contributed by atoms with Crippen molar-refractivity contribution in [3.05, 3.63) is 46.8 Å². The lowest BCUT2D eigenvalue weighted by Gasteiger charge is -2.21. The van der Waals surface area contributed by atoms with Gasteiger partial charge in [-0.1, -0.05) is 24.1 Å². The van der Waals surface area contributed by atoms with Gasteiger partial charge in [-0.25, -0.2) is 13.4 Å². The van der Waals surface area contributed by atoms with Gasteiger partial charge in [0.25, 0.3) is 11.6 Å². The molecular weight excluding hydrogens is 440 g/mol. The topological polar surface area (TPSA) is 105 Å². The van der Waals surface area contributed by atoms with E-state index in [1.165, 1.54) is 0 Å². The molecule has 0 radical (unpaired) electrons. The summed E-state index contributed by atoms with van der Waals surface area (Å²) in [4.78, 5) is 18.1. The maximum atomic E-state index is 13.4. The number of benzene rings is 1. The van der Waals surface area contributed by atoms with Crippen LogP contribution >= 0.6 is 0 Å². The van der Waals surface area contributed by atoms with Crippen LogP contribution in [0.3, 0.4) is 0 Å². The van der Waals surface area contributed by atoms with E-state index in [4.69, 9.17) is 4.52 Å². The largest absolute Gasteiger partial charge is 0.336 e. The number of anilines is 1. The molecule has 0 bridgehead atoms. The summed E-state index contributed by atoms with van der Waals surface area (Å²) < 4.78 is 33.6. The van der Waals surface area contributed by atoms with E-state index >= 15 is 0 Å². The lowest BCUT2D eigenvalue weighted by molar-refractivity contribution is 0.102. The smallest absolute Gasteiger partial charge is 0.259 e. The van der Waals surface area contributed by atoms with Gasteiger partial charge in [0.15, 0.2) is 0 Å².